The maximum atomic E-state index is 12.0. The quantitative estimate of drug-likeness (QED) is 0.735. The SMILES string of the molecule is COCCCC(=O)N(C)C1(C(=O)O)CCCCC1. The van der Waals surface area contributed by atoms with E-state index in [0.29, 0.717) is 32.3 Å². The predicted molar refractivity (Wildman–Crippen MR) is 67.3 cm³/mol. The molecule has 0 aromatic heterocycles. The molecule has 1 amide bonds. The molecule has 0 saturated heterocycles. The van der Waals surface area contributed by atoms with Crippen molar-refractivity contribution in [2.24, 2.45) is 0 Å². The van der Waals surface area contributed by atoms with Crippen LogP contribution in [0.3, 0.4) is 0 Å². The fourth-order valence-corrected chi connectivity index (χ4v) is 2.60. The number of carbonyl (C=O) groups excluding carboxylic acids is 1. The monoisotopic (exact) mass is 257 g/mol. The van der Waals surface area contributed by atoms with Crippen LogP contribution < -0.4 is 0 Å². The predicted octanol–water partition coefficient (Wildman–Crippen LogP) is 1.66. The van der Waals surface area contributed by atoms with Crippen molar-refractivity contribution in [1.29, 1.82) is 0 Å². The molecule has 0 aromatic rings. The molecular formula is C13H23NO4. The summed E-state index contributed by atoms with van der Waals surface area (Å²) in [6.45, 7) is 0.527. The standard InChI is InChI=1S/C13H23NO4/c1-14(11(15)7-6-10-18-2)13(12(16)17)8-4-3-5-9-13/h3-10H2,1-2H3,(H,16,17). The summed E-state index contributed by atoms with van der Waals surface area (Å²) in [5.41, 5.74) is -0.984. The highest BCUT2D eigenvalue weighted by Gasteiger charge is 2.45. The van der Waals surface area contributed by atoms with Crippen LogP contribution in [0.4, 0.5) is 0 Å². The first-order chi connectivity index (χ1) is 8.54. The van der Waals surface area contributed by atoms with E-state index in [1.165, 1.54) is 4.90 Å². The van der Waals surface area contributed by atoms with Crippen LogP contribution in [0.5, 0.6) is 0 Å². The van der Waals surface area contributed by atoms with Gasteiger partial charge in [0.15, 0.2) is 0 Å². The van der Waals surface area contributed by atoms with Crippen LogP contribution in [0.15, 0.2) is 0 Å². The van der Waals surface area contributed by atoms with Gasteiger partial charge in [0.1, 0.15) is 5.54 Å². The molecular weight excluding hydrogens is 234 g/mol. The lowest BCUT2D eigenvalue weighted by Crippen LogP contribution is -2.56. The Balaban J connectivity index is 2.67. The zero-order valence-electron chi connectivity index (χ0n) is 11.3. The summed E-state index contributed by atoms with van der Waals surface area (Å²) < 4.78 is 4.90. The highest BCUT2D eigenvalue weighted by Crippen LogP contribution is 2.33. The zero-order chi connectivity index (χ0) is 13.6. The lowest BCUT2D eigenvalue weighted by atomic mass is 9.80. The molecule has 0 heterocycles. The number of carbonyl (C=O) groups is 2. The van der Waals surface area contributed by atoms with Gasteiger partial charge in [-0.15, -0.1) is 0 Å². The number of hydrogen-bond donors (Lipinski definition) is 1. The summed E-state index contributed by atoms with van der Waals surface area (Å²) in [5, 5.41) is 9.46. The van der Waals surface area contributed by atoms with Crippen LogP contribution in [0.25, 0.3) is 0 Å². The van der Waals surface area contributed by atoms with Gasteiger partial charge in [0, 0.05) is 27.2 Å². The number of ether oxygens (including phenoxy) is 1. The number of aliphatic carboxylic acids is 1. The Morgan fingerprint density at radius 2 is 1.89 bits per heavy atom. The van der Waals surface area contributed by atoms with Gasteiger partial charge in [-0.05, 0) is 19.3 Å². The Bertz CT molecular complexity index is 297. The second kappa shape index (κ2) is 6.73. The van der Waals surface area contributed by atoms with Gasteiger partial charge in [-0.1, -0.05) is 19.3 Å². The maximum absolute atomic E-state index is 12.0. The lowest BCUT2D eigenvalue weighted by Gasteiger charge is -2.41. The number of carboxylic acid groups (broad SMARTS) is 1. The van der Waals surface area contributed by atoms with Crippen LogP contribution >= 0.6 is 0 Å². The highest BCUT2D eigenvalue weighted by atomic mass is 16.5. The summed E-state index contributed by atoms with van der Waals surface area (Å²) in [6, 6.07) is 0. The summed E-state index contributed by atoms with van der Waals surface area (Å²) in [5.74, 6) is -0.971. The van der Waals surface area contributed by atoms with E-state index in [1.807, 2.05) is 0 Å². The second-order valence-electron chi connectivity index (χ2n) is 4.95. The molecule has 1 rings (SSSR count). The molecule has 0 radical (unpaired) electrons. The number of likely N-dealkylation sites (N-methyl/N-ethyl adjacent to an activating group) is 1. The minimum Gasteiger partial charge on any atom is -0.479 e. The van der Waals surface area contributed by atoms with Crippen LogP contribution in [-0.2, 0) is 14.3 Å². The van der Waals surface area contributed by atoms with Crippen molar-refractivity contribution in [1.82, 2.24) is 4.90 Å². The third-order valence-electron chi connectivity index (χ3n) is 3.83. The average molecular weight is 257 g/mol. The Labute approximate surface area is 108 Å². The third kappa shape index (κ3) is 3.22. The topological polar surface area (TPSA) is 66.8 Å². The Morgan fingerprint density at radius 3 is 2.39 bits per heavy atom. The minimum atomic E-state index is -0.984. The molecule has 0 unspecified atom stereocenters. The van der Waals surface area contributed by atoms with Crippen LogP contribution in [0.2, 0.25) is 0 Å². The van der Waals surface area contributed by atoms with E-state index in [-0.39, 0.29) is 5.91 Å². The number of amides is 1. The van der Waals surface area contributed by atoms with Gasteiger partial charge in [-0.3, -0.25) is 4.79 Å². The number of rotatable bonds is 6. The van der Waals surface area contributed by atoms with Crippen molar-refractivity contribution in [3.8, 4) is 0 Å². The Hall–Kier alpha value is -1.10. The van der Waals surface area contributed by atoms with Crippen LogP contribution in [0.1, 0.15) is 44.9 Å². The van der Waals surface area contributed by atoms with E-state index in [0.717, 1.165) is 19.3 Å². The summed E-state index contributed by atoms with van der Waals surface area (Å²) >= 11 is 0. The summed E-state index contributed by atoms with van der Waals surface area (Å²) in [6.07, 6.45) is 4.92. The molecule has 0 aromatic carbocycles. The molecule has 1 aliphatic rings. The van der Waals surface area contributed by atoms with E-state index in [2.05, 4.69) is 0 Å². The van der Waals surface area contributed by atoms with Gasteiger partial charge in [-0.2, -0.15) is 0 Å². The number of carboxylic acids is 1. The van der Waals surface area contributed by atoms with E-state index >= 15 is 0 Å². The molecule has 18 heavy (non-hydrogen) atoms. The van der Waals surface area contributed by atoms with Crippen molar-refractivity contribution in [3.63, 3.8) is 0 Å². The van der Waals surface area contributed by atoms with Crippen LogP contribution in [0, 0.1) is 0 Å². The lowest BCUT2D eigenvalue weighted by molar-refractivity contribution is -0.160. The van der Waals surface area contributed by atoms with Gasteiger partial charge in [0.2, 0.25) is 5.91 Å². The fraction of sp³-hybridized carbons (Fsp3) is 0.846. The molecule has 1 fully saturated rings. The molecule has 1 saturated carbocycles. The molecule has 0 atom stereocenters. The van der Waals surface area contributed by atoms with Crippen molar-refractivity contribution >= 4 is 11.9 Å². The molecule has 104 valence electrons. The van der Waals surface area contributed by atoms with Crippen LogP contribution in [-0.4, -0.2) is 48.2 Å². The second-order valence-corrected chi connectivity index (χ2v) is 4.95. The summed E-state index contributed by atoms with van der Waals surface area (Å²) in [4.78, 5) is 25.0. The molecule has 0 aliphatic heterocycles. The fourth-order valence-electron chi connectivity index (χ4n) is 2.60. The molecule has 1 N–H and O–H groups in total. The van der Waals surface area contributed by atoms with Gasteiger partial charge in [0.05, 0.1) is 0 Å². The largest absolute Gasteiger partial charge is 0.479 e. The Kier molecular flexibility index (Phi) is 5.59. The van der Waals surface area contributed by atoms with E-state index in [1.54, 1.807) is 14.2 Å². The highest BCUT2D eigenvalue weighted by molar-refractivity contribution is 5.87. The van der Waals surface area contributed by atoms with Crippen molar-refractivity contribution in [3.05, 3.63) is 0 Å². The Morgan fingerprint density at radius 1 is 1.28 bits per heavy atom. The number of methoxy groups -OCH3 is 1. The van der Waals surface area contributed by atoms with Gasteiger partial charge in [-0.25, -0.2) is 4.79 Å². The van der Waals surface area contributed by atoms with Crippen molar-refractivity contribution in [2.75, 3.05) is 20.8 Å². The molecule has 1 aliphatic carbocycles. The summed E-state index contributed by atoms with van der Waals surface area (Å²) in [7, 11) is 3.21. The van der Waals surface area contributed by atoms with E-state index in [9.17, 15) is 14.7 Å². The molecule has 0 spiro atoms. The van der Waals surface area contributed by atoms with Gasteiger partial charge < -0.3 is 14.7 Å². The van der Waals surface area contributed by atoms with Crippen molar-refractivity contribution in [2.45, 2.75) is 50.5 Å². The molecule has 0 bridgehead atoms. The molecule has 5 nitrogen and oxygen atoms in total. The van der Waals surface area contributed by atoms with E-state index in [4.69, 9.17) is 4.74 Å². The smallest absolute Gasteiger partial charge is 0.329 e. The first kappa shape index (κ1) is 15.0. The maximum Gasteiger partial charge on any atom is 0.329 e. The average Bonchev–Trinajstić information content (AvgIpc) is 2.38. The van der Waals surface area contributed by atoms with Gasteiger partial charge >= 0.3 is 5.97 Å². The van der Waals surface area contributed by atoms with Crippen molar-refractivity contribution < 1.29 is 19.4 Å². The normalized spacial score (nSPS) is 18.3. The van der Waals surface area contributed by atoms with Gasteiger partial charge in [0.25, 0.3) is 0 Å². The first-order valence-corrected chi connectivity index (χ1v) is 6.53. The number of hydrogen-bond acceptors (Lipinski definition) is 3. The first-order valence-electron chi connectivity index (χ1n) is 6.53. The molecule has 5 heteroatoms. The third-order valence-corrected chi connectivity index (χ3v) is 3.83. The van der Waals surface area contributed by atoms with E-state index < -0.39 is 11.5 Å². The number of nitrogens with zero attached hydrogens (tertiary/aromatic N) is 1. The minimum absolute atomic E-state index is 0.101. The zero-order valence-corrected chi connectivity index (χ0v) is 11.3.